The van der Waals surface area contributed by atoms with Crippen LogP contribution in [-0.2, 0) is 11.3 Å². The Balaban J connectivity index is 2.76. The molecule has 0 aliphatic rings. The highest BCUT2D eigenvalue weighted by Gasteiger charge is 2.24. The minimum Gasteiger partial charge on any atom is -0.378 e. The van der Waals surface area contributed by atoms with E-state index in [1.54, 1.807) is 13.3 Å². The van der Waals surface area contributed by atoms with E-state index in [1.165, 1.54) is 0 Å². The molecule has 0 aliphatic carbocycles. The van der Waals surface area contributed by atoms with Gasteiger partial charge >= 0.3 is 0 Å². The van der Waals surface area contributed by atoms with E-state index in [0.29, 0.717) is 12.2 Å². The van der Waals surface area contributed by atoms with Gasteiger partial charge in [0.2, 0.25) is 5.78 Å². The number of ether oxygens (including phenoxy) is 1. The maximum Gasteiger partial charge on any atom is 0.201 e. The summed E-state index contributed by atoms with van der Waals surface area (Å²) < 4.78 is 7.15. The van der Waals surface area contributed by atoms with Crippen molar-refractivity contribution in [3.63, 3.8) is 0 Å². The summed E-state index contributed by atoms with van der Waals surface area (Å²) in [7, 11) is 1.62. The van der Waals surface area contributed by atoms with Crippen molar-refractivity contribution in [2.24, 2.45) is 0 Å². The number of imidazole rings is 1. The standard InChI is InChI=1S/C12H20N2O2/c1-5-7-14-8-6-13-11(14)10(15)9-12(2,3)16-4/h6,8H,5,7,9H2,1-4H3. The molecule has 0 aliphatic heterocycles. The summed E-state index contributed by atoms with van der Waals surface area (Å²) >= 11 is 0. The van der Waals surface area contributed by atoms with Gasteiger partial charge in [0.1, 0.15) is 0 Å². The molecule has 1 aromatic heterocycles. The van der Waals surface area contributed by atoms with E-state index < -0.39 is 5.60 Å². The van der Waals surface area contributed by atoms with Crippen LogP contribution in [0.5, 0.6) is 0 Å². The van der Waals surface area contributed by atoms with Crippen molar-refractivity contribution < 1.29 is 9.53 Å². The fourth-order valence-corrected chi connectivity index (χ4v) is 1.52. The molecule has 4 heteroatoms. The quantitative estimate of drug-likeness (QED) is 0.696. The van der Waals surface area contributed by atoms with E-state index in [0.717, 1.165) is 13.0 Å². The molecular formula is C12H20N2O2. The zero-order chi connectivity index (χ0) is 12.2. The highest BCUT2D eigenvalue weighted by molar-refractivity contribution is 5.93. The summed E-state index contributed by atoms with van der Waals surface area (Å²) in [5, 5.41) is 0. The van der Waals surface area contributed by atoms with Gasteiger partial charge in [-0.25, -0.2) is 4.98 Å². The zero-order valence-corrected chi connectivity index (χ0v) is 10.5. The summed E-state index contributed by atoms with van der Waals surface area (Å²) in [5.74, 6) is 0.567. The number of nitrogens with zero attached hydrogens (tertiary/aromatic N) is 2. The lowest BCUT2D eigenvalue weighted by Gasteiger charge is -2.21. The number of methoxy groups -OCH3 is 1. The molecule has 0 aromatic carbocycles. The number of hydrogen-bond acceptors (Lipinski definition) is 3. The molecule has 0 fully saturated rings. The highest BCUT2D eigenvalue weighted by atomic mass is 16.5. The molecule has 1 aromatic rings. The van der Waals surface area contributed by atoms with Gasteiger partial charge in [-0.3, -0.25) is 4.79 Å². The van der Waals surface area contributed by atoms with Crippen LogP contribution in [-0.4, -0.2) is 28.0 Å². The molecule has 0 radical (unpaired) electrons. The van der Waals surface area contributed by atoms with E-state index >= 15 is 0 Å². The molecule has 0 atom stereocenters. The van der Waals surface area contributed by atoms with Gasteiger partial charge in [0, 0.05) is 32.5 Å². The predicted molar refractivity (Wildman–Crippen MR) is 62.6 cm³/mol. The lowest BCUT2D eigenvalue weighted by molar-refractivity contribution is 0.0167. The van der Waals surface area contributed by atoms with Crippen LogP contribution in [0.2, 0.25) is 0 Å². The predicted octanol–water partition coefficient (Wildman–Crippen LogP) is 2.29. The van der Waals surface area contributed by atoms with E-state index in [9.17, 15) is 4.79 Å². The van der Waals surface area contributed by atoms with Gasteiger partial charge in [0.15, 0.2) is 5.82 Å². The molecule has 0 unspecified atom stereocenters. The summed E-state index contributed by atoms with van der Waals surface area (Å²) in [6, 6.07) is 0. The third-order valence-corrected chi connectivity index (χ3v) is 2.57. The molecule has 0 N–H and O–H groups in total. The van der Waals surface area contributed by atoms with Gasteiger partial charge in [-0.1, -0.05) is 6.92 Å². The molecule has 16 heavy (non-hydrogen) atoms. The highest BCUT2D eigenvalue weighted by Crippen LogP contribution is 2.16. The molecule has 0 saturated heterocycles. The van der Waals surface area contributed by atoms with Crippen molar-refractivity contribution in [3.8, 4) is 0 Å². The lowest BCUT2D eigenvalue weighted by atomic mass is 10.0. The van der Waals surface area contributed by atoms with Gasteiger partial charge in [-0.15, -0.1) is 0 Å². The van der Waals surface area contributed by atoms with Crippen molar-refractivity contribution in [2.75, 3.05) is 7.11 Å². The van der Waals surface area contributed by atoms with E-state index in [-0.39, 0.29) is 5.78 Å². The second-order valence-electron chi connectivity index (χ2n) is 4.51. The van der Waals surface area contributed by atoms with Crippen LogP contribution in [0.15, 0.2) is 12.4 Å². The van der Waals surface area contributed by atoms with Gasteiger partial charge in [0.05, 0.1) is 5.60 Å². The summed E-state index contributed by atoms with van der Waals surface area (Å²) in [6.45, 7) is 6.71. The topological polar surface area (TPSA) is 44.1 Å². The smallest absolute Gasteiger partial charge is 0.201 e. The zero-order valence-electron chi connectivity index (χ0n) is 10.5. The molecule has 1 rings (SSSR count). The van der Waals surface area contributed by atoms with Crippen molar-refractivity contribution in [2.45, 2.75) is 45.8 Å². The van der Waals surface area contributed by atoms with Crippen molar-refractivity contribution in [1.29, 1.82) is 0 Å². The Morgan fingerprint density at radius 3 is 2.81 bits per heavy atom. The van der Waals surface area contributed by atoms with Crippen LogP contribution in [0.4, 0.5) is 0 Å². The van der Waals surface area contributed by atoms with Crippen molar-refractivity contribution >= 4 is 5.78 Å². The number of ketones is 1. The first-order chi connectivity index (χ1) is 7.50. The van der Waals surface area contributed by atoms with Crippen molar-refractivity contribution in [1.82, 2.24) is 9.55 Å². The van der Waals surface area contributed by atoms with Gasteiger partial charge in [-0.2, -0.15) is 0 Å². The number of Topliss-reactive ketones (excluding diaryl/α,β-unsaturated/α-hetero) is 1. The Morgan fingerprint density at radius 1 is 1.56 bits per heavy atom. The monoisotopic (exact) mass is 224 g/mol. The SMILES string of the molecule is CCCn1ccnc1C(=O)CC(C)(C)OC. The fraction of sp³-hybridized carbons (Fsp3) is 0.667. The van der Waals surface area contributed by atoms with Gasteiger partial charge < -0.3 is 9.30 Å². The van der Waals surface area contributed by atoms with E-state index in [4.69, 9.17) is 4.74 Å². The molecule has 0 amide bonds. The summed E-state index contributed by atoms with van der Waals surface area (Å²) in [4.78, 5) is 16.1. The van der Waals surface area contributed by atoms with Crippen LogP contribution in [0.1, 0.15) is 44.2 Å². The molecule has 90 valence electrons. The molecule has 4 nitrogen and oxygen atoms in total. The number of rotatable bonds is 6. The number of carbonyl (C=O) groups excluding carboxylic acids is 1. The van der Waals surface area contributed by atoms with E-state index in [2.05, 4.69) is 11.9 Å². The number of carbonyl (C=O) groups is 1. The molecule has 0 spiro atoms. The molecule has 0 bridgehead atoms. The Morgan fingerprint density at radius 2 is 2.25 bits per heavy atom. The third kappa shape index (κ3) is 3.17. The van der Waals surface area contributed by atoms with Crippen LogP contribution < -0.4 is 0 Å². The van der Waals surface area contributed by atoms with Gasteiger partial charge in [0.25, 0.3) is 0 Å². The average molecular weight is 224 g/mol. The third-order valence-electron chi connectivity index (χ3n) is 2.57. The second kappa shape index (κ2) is 5.25. The van der Waals surface area contributed by atoms with Crippen molar-refractivity contribution in [3.05, 3.63) is 18.2 Å². The van der Waals surface area contributed by atoms with E-state index in [1.807, 2.05) is 24.6 Å². The Bertz CT molecular complexity index is 356. The number of aromatic nitrogens is 2. The average Bonchev–Trinajstić information content (AvgIpc) is 2.66. The summed E-state index contributed by atoms with van der Waals surface area (Å²) in [5.41, 5.74) is -0.430. The van der Waals surface area contributed by atoms with Crippen LogP contribution in [0.3, 0.4) is 0 Å². The van der Waals surface area contributed by atoms with Crippen LogP contribution in [0, 0.1) is 0 Å². The maximum absolute atomic E-state index is 12.0. The largest absolute Gasteiger partial charge is 0.378 e. The number of hydrogen-bond donors (Lipinski definition) is 0. The molecule has 1 heterocycles. The fourth-order valence-electron chi connectivity index (χ4n) is 1.52. The normalized spacial score (nSPS) is 11.8. The first-order valence-electron chi connectivity index (χ1n) is 5.59. The maximum atomic E-state index is 12.0. The van der Waals surface area contributed by atoms with Crippen LogP contribution >= 0.6 is 0 Å². The molecule has 0 saturated carbocycles. The second-order valence-corrected chi connectivity index (χ2v) is 4.51. The van der Waals surface area contributed by atoms with Crippen LogP contribution in [0.25, 0.3) is 0 Å². The van der Waals surface area contributed by atoms with Gasteiger partial charge in [-0.05, 0) is 20.3 Å². The lowest BCUT2D eigenvalue weighted by Crippen LogP contribution is -2.27. The Hall–Kier alpha value is -1.16. The molecular weight excluding hydrogens is 204 g/mol. The first kappa shape index (κ1) is 12.9. The number of aryl methyl sites for hydroxylation is 1. The Kier molecular flexibility index (Phi) is 4.24. The minimum atomic E-state index is -0.430. The Labute approximate surface area is 96.6 Å². The minimum absolute atomic E-state index is 0.0327. The summed E-state index contributed by atoms with van der Waals surface area (Å²) in [6.07, 6.45) is 4.85. The first-order valence-corrected chi connectivity index (χ1v) is 5.59.